The number of rotatable bonds is 2. The molecule has 4 nitrogen and oxygen atoms in total. The molecule has 4 heteroatoms. The fourth-order valence-corrected chi connectivity index (χ4v) is 5.43. The van der Waals surface area contributed by atoms with E-state index in [9.17, 15) is 9.59 Å². The van der Waals surface area contributed by atoms with Crippen molar-refractivity contribution >= 4 is 17.5 Å². The second-order valence-electron chi connectivity index (χ2n) is 7.75. The van der Waals surface area contributed by atoms with Gasteiger partial charge >= 0.3 is 0 Å². The third-order valence-electron chi connectivity index (χ3n) is 6.46. The molecule has 0 aromatic heterocycles. The number of imide groups is 1. The highest BCUT2D eigenvalue weighted by molar-refractivity contribution is 6.08. The molecule has 1 saturated heterocycles. The zero-order chi connectivity index (χ0) is 18.8. The Morgan fingerprint density at radius 3 is 1.39 bits per heavy atom. The molecule has 0 spiro atoms. The molecule has 7 rings (SSSR count). The van der Waals surface area contributed by atoms with Gasteiger partial charge in [-0.1, -0.05) is 66.7 Å². The van der Waals surface area contributed by atoms with Crippen LogP contribution in [0.3, 0.4) is 0 Å². The van der Waals surface area contributed by atoms with Crippen molar-refractivity contribution < 1.29 is 9.59 Å². The molecule has 2 unspecified atom stereocenters. The third kappa shape index (κ3) is 1.89. The lowest BCUT2D eigenvalue weighted by molar-refractivity contribution is -0.138. The number of hydrogen-bond donors (Lipinski definition) is 1. The number of hydrogen-bond acceptors (Lipinski definition) is 3. The summed E-state index contributed by atoms with van der Waals surface area (Å²) in [5.74, 6) is -1.09. The first kappa shape index (κ1) is 15.6. The number of amides is 2. The van der Waals surface area contributed by atoms with Crippen LogP contribution in [0.4, 0.5) is 5.69 Å². The quantitative estimate of drug-likeness (QED) is 0.700. The van der Waals surface area contributed by atoms with E-state index in [-0.39, 0.29) is 35.5 Å². The van der Waals surface area contributed by atoms with Gasteiger partial charge in [-0.25, -0.2) is 0 Å². The molecule has 3 aromatic carbocycles. The van der Waals surface area contributed by atoms with Crippen LogP contribution in [0.2, 0.25) is 0 Å². The number of carbonyl (C=O) groups excluding carboxylic acids is 2. The van der Waals surface area contributed by atoms with Gasteiger partial charge in [0.15, 0.2) is 0 Å². The van der Waals surface area contributed by atoms with Crippen molar-refractivity contribution in [2.75, 3.05) is 5.43 Å². The average Bonchev–Trinajstić information content (AvgIpc) is 3.00. The van der Waals surface area contributed by atoms with Crippen LogP contribution in [0, 0.1) is 11.8 Å². The zero-order valence-corrected chi connectivity index (χ0v) is 15.1. The molecule has 3 aromatic rings. The van der Waals surface area contributed by atoms with Crippen molar-refractivity contribution in [2.45, 2.75) is 11.8 Å². The van der Waals surface area contributed by atoms with E-state index in [0.717, 1.165) is 5.69 Å². The van der Waals surface area contributed by atoms with E-state index in [1.807, 2.05) is 54.6 Å². The summed E-state index contributed by atoms with van der Waals surface area (Å²) in [6, 6.07) is 26.0. The topological polar surface area (TPSA) is 49.4 Å². The number of anilines is 1. The average molecular weight is 366 g/mol. The molecule has 0 radical (unpaired) electrons. The molecular formula is C24H18N2O2. The Kier molecular flexibility index (Phi) is 3.10. The predicted molar refractivity (Wildman–Crippen MR) is 105 cm³/mol. The number of carbonyl (C=O) groups is 2. The highest BCUT2D eigenvalue weighted by Crippen LogP contribution is 2.60. The van der Waals surface area contributed by atoms with Gasteiger partial charge in [0.2, 0.25) is 0 Å². The standard InChI is InChI=1S/C24H18N2O2/c27-23-21-19-15-10-4-5-11-16(15)20(18-13-7-6-12-17(18)19)22(21)24(28)26(23)25-14-8-2-1-3-9-14/h1-13,19-22,25H. The first-order valence-electron chi connectivity index (χ1n) is 9.63. The summed E-state index contributed by atoms with van der Waals surface area (Å²) in [6.45, 7) is 0. The van der Waals surface area contributed by atoms with E-state index >= 15 is 0 Å². The van der Waals surface area contributed by atoms with Crippen molar-refractivity contribution in [3.05, 3.63) is 101 Å². The number of nitrogens with one attached hydrogen (secondary N) is 1. The summed E-state index contributed by atoms with van der Waals surface area (Å²) in [7, 11) is 0. The third-order valence-corrected chi connectivity index (χ3v) is 6.46. The minimum atomic E-state index is -0.349. The smallest absolute Gasteiger partial charge is 0.253 e. The molecule has 1 aliphatic heterocycles. The first-order valence-corrected chi connectivity index (χ1v) is 9.63. The Morgan fingerprint density at radius 2 is 0.964 bits per heavy atom. The van der Waals surface area contributed by atoms with Gasteiger partial charge < -0.3 is 0 Å². The fourth-order valence-electron chi connectivity index (χ4n) is 5.43. The fraction of sp³-hybridized carbons (Fsp3) is 0.167. The Labute approximate surface area is 162 Å². The molecule has 2 bridgehead atoms. The van der Waals surface area contributed by atoms with Gasteiger partial charge in [-0.15, -0.1) is 0 Å². The first-order chi connectivity index (χ1) is 13.8. The molecule has 2 atom stereocenters. The van der Waals surface area contributed by atoms with Crippen LogP contribution in [0.25, 0.3) is 0 Å². The van der Waals surface area contributed by atoms with Gasteiger partial charge in [0.25, 0.3) is 11.8 Å². The molecule has 0 saturated carbocycles. The molecule has 2 amide bonds. The van der Waals surface area contributed by atoms with E-state index in [1.54, 1.807) is 0 Å². The van der Waals surface area contributed by atoms with Gasteiger partial charge in [-0.3, -0.25) is 15.0 Å². The van der Waals surface area contributed by atoms with E-state index in [2.05, 4.69) is 29.7 Å². The lowest BCUT2D eigenvalue weighted by atomic mass is 9.55. The van der Waals surface area contributed by atoms with Crippen LogP contribution in [0.1, 0.15) is 34.1 Å². The van der Waals surface area contributed by atoms with Gasteiger partial charge in [-0.2, -0.15) is 5.01 Å². The van der Waals surface area contributed by atoms with Crippen LogP contribution in [0.5, 0.6) is 0 Å². The molecule has 1 fully saturated rings. The highest BCUT2D eigenvalue weighted by Gasteiger charge is 2.61. The maximum Gasteiger partial charge on any atom is 0.253 e. The van der Waals surface area contributed by atoms with Crippen molar-refractivity contribution in [1.82, 2.24) is 5.01 Å². The molecule has 3 aliphatic carbocycles. The summed E-state index contributed by atoms with van der Waals surface area (Å²) < 4.78 is 0. The lowest BCUT2D eigenvalue weighted by Gasteiger charge is -2.45. The molecule has 1 heterocycles. The van der Waals surface area contributed by atoms with Crippen LogP contribution in [-0.2, 0) is 9.59 Å². The van der Waals surface area contributed by atoms with Crippen molar-refractivity contribution in [3.63, 3.8) is 0 Å². The molecule has 1 N–H and O–H groups in total. The summed E-state index contributed by atoms with van der Waals surface area (Å²) in [5.41, 5.74) is 8.55. The van der Waals surface area contributed by atoms with Crippen LogP contribution in [0.15, 0.2) is 78.9 Å². The largest absolute Gasteiger partial charge is 0.289 e. The van der Waals surface area contributed by atoms with E-state index < -0.39 is 0 Å². The maximum absolute atomic E-state index is 13.4. The number of benzene rings is 3. The zero-order valence-electron chi connectivity index (χ0n) is 15.1. The van der Waals surface area contributed by atoms with Crippen molar-refractivity contribution in [3.8, 4) is 0 Å². The van der Waals surface area contributed by atoms with Gasteiger partial charge in [0, 0.05) is 11.8 Å². The van der Waals surface area contributed by atoms with Crippen LogP contribution in [-0.4, -0.2) is 16.8 Å². The minimum absolute atomic E-state index is 0.0681. The van der Waals surface area contributed by atoms with Gasteiger partial charge in [-0.05, 0) is 34.4 Å². The maximum atomic E-state index is 13.4. The monoisotopic (exact) mass is 366 g/mol. The van der Waals surface area contributed by atoms with Gasteiger partial charge in [0.1, 0.15) is 0 Å². The Morgan fingerprint density at radius 1 is 0.571 bits per heavy atom. The Bertz CT molecular complexity index is 1010. The number of para-hydroxylation sites is 1. The molecule has 28 heavy (non-hydrogen) atoms. The van der Waals surface area contributed by atoms with Crippen molar-refractivity contribution in [2.24, 2.45) is 11.8 Å². The van der Waals surface area contributed by atoms with E-state index in [0.29, 0.717) is 0 Å². The summed E-state index contributed by atoms with van der Waals surface area (Å²) in [5, 5.41) is 1.25. The molecular weight excluding hydrogens is 348 g/mol. The van der Waals surface area contributed by atoms with Crippen molar-refractivity contribution in [1.29, 1.82) is 0 Å². The highest BCUT2D eigenvalue weighted by atomic mass is 16.2. The van der Waals surface area contributed by atoms with E-state index in [4.69, 9.17) is 0 Å². The minimum Gasteiger partial charge on any atom is -0.289 e. The normalized spacial score (nSPS) is 26.6. The number of hydrazine groups is 1. The summed E-state index contributed by atoms with van der Waals surface area (Å²) >= 11 is 0. The predicted octanol–water partition coefficient (Wildman–Crippen LogP) is 3.91. The second-order valence-corrected chi connectivity index (χ2v) is 7.75. The second kappa shape index (κ2) is 5.55. The van der Waals surface area contributed by atoms with Gasteiger partial charge in [0.05, 0.1) is 17.5 Å². The van der Waals surface area contributed by atoms with Crippen LogP contribution < -0.4 is 5.43 Å². The molecule has 4 aliphatic rings. The molecule has 136 valence electrons. The summed E-state index contributed by atoms with van der Waals surface area (Å²) in [6.07, 6.45) is 0. The lowest BCUT2D eigenvalue weighted by Crippen LogP contribution is -2.41. The van der Waals surface area contributed by atoms with Crippen LogP contribution >= 0.6 is 0 Å². The SMILES string of the molecule is O=C1C2C3c4ccccc4C(c4ccccc43)C2C(=O)N1Nc1ccccc1. The number of nitrogens with zero attached hydrogens (tertiary/aromatic N) is 1. The Balaban J connectivity index is 1.50. The van der Waals surface area contributed by atoms with E-state index in [1.165, 1.54) is 27.3 Å². The summed E-state index contributed by atoms with van der Waals surface area (Å²) in [4.78, 5) is 26.8. The Hall–Kier alpha value is -3.40.